The first-order chi connectivity index (χ1) is 12.4. The fourth-order valence-corrected chi connectivity index (χ4v) is 3.52. The molecule has 8 nitrogen and oxygen atoms in total. The molecule has 1 aromatic heterocycles. The van der Waals surface area contributed by atoms with Gasteiger partial charge in [0.2, 0.25) is 10.0 Å². The van der Waals surface area contributed by atoms with Crippen molar-refractivity contribution in [2.45, 2.75) is 31.7 Å². The molecule has 1 atom stereocenters. The zero-order valence-electron chi connectivity index (χ0n) is 15.7. The summed E-state index contributed by atoms with van der Waals surface area (Å²) in [5.41, 5.74) is 2.29. The number of sulfonamides is 1. The van der Waals surface area contributed by atoms with Gasteiger partial charge in [0.25, 0.3) is 5.91 Å². The molecule has 1 amide bonds. The summed E-state index contributed by atoms with van der Waals surface area (Å²) in [6.45, 7) is 5.16. The minimum Gasteiger partial charge on any atom is -0.479 e. The average molecular weight is 394 g/mol. The van der Waals surface area contributed by atoms with Crippen LogP contribution in [0.4, 0.5) is 0 Å². The second-order valence-electron chi connectivity index (χ2n) is 6.41. The molecule has 0 bridgehead atoms. The van der Waals surface area contributed by atoms with Crippen LogP contribution >= 0.6 is 0 Å². The predicted molar refractivity (Wildman–Crippen MR) is 98.1 cm³/mol. The number of furan rings is 1. The highest BCUT2D eigenvalue weighted by Crippen LogP contribution is 2.23. The van der Waals surface area contributed by atoms with E-state index in [0.717, 1.165) is 21.5 Å². The van der Waals surface area contributed by atoms with E-state index in [2.05, 4.69) is 5.32 Å². The maximum Gasteiger partial charge on any atom is 0.330 e. The van der Waals surface area contributed by atoms with E-state index >= 15 is 0 Å². The Morgan fingerprint density at radius 3 is 2.26 bits per heavy atom. The first-order valence-electron chi connectivity index (χ1n) is 8.09. The van der Waals surface area contributed by atoms with Gasteiger partial charge in [-0.25, -0.2) is 17.5 Å². The third kappa shape index (κ3) is 4.20. The molecule has 0 fully saturated rings. The van der Waals surface area contributed by atoms with Gasteiger partial charge in [0.1, 0.15) is 10.7 Å². The summed E-state index contributed by atoms with van der Waals surface area (Å²) in [5, 5.41) is 11.9. The largest absolute Gasteiger partial charge is 0.479 e. The lowest BCUT2D eigenvalue weighted by Gasteiger charge is -2.15. The third-order valence-electron chi connectivity index (χ3n) is 4.24. The molecule has 0 aliphatic rings. The number of benzene rings is 1. The average Bonchev–Trinajstić information content (AvgIpc) is 2.97. The van der Waals surface area contributed by atoms with Crippen LogP contribution in [0.2, 0.25) is 0 Å². The Kier molecular flexibility index (Phi) is 5.76. The van der Waals surface area contributed by atoms with Crippen molar-refractivity contribution in [1.82, 2.24) is 9.62 Å². The topological polar surface area (TPSA) is 117 Å². The molecule has 27 heavy (non-hydrogen) atoms. The minimum atomic E-state index is -3.78. The summed E-state index contributed by atoms with van der Waals surface area (Å²) in [7, 11) is -1.06. The molecule has 2 rings (SSSR count). The highest BCUT2D eigenvalue weighted by molar-refractivity contribution is 7.89. The normalized spacial score (nSPS) is 12.8. The van der Waals surface area contributed by atoms with Crippen LogP contribution < -0.4 is 5.32 Å². The van der Waals surface area contributed by atoms with Crippen LogP contribution in [-0.4, -0.2) is 43.8 Å². The molecule has 2 N–H and O–H groups in total. The Morgan fingerprint density at radius 1 is 1.11 bits per heavy atom. The van der Waals surface area contributed by atoms with E-state index < -0.39 is 27.9 Å². The second-order valence-corrected chi connectivity index (χ2v) is 8.53. The Bertz CT molecular complexity index is 991. The van der Waals surface area contributed by atoms with E-state index in [1.807, 2.05) is 13.8 Å². The molecule has 0 saturated heterocycles. The predicted octanol–water partition coefficient (Wildman–Crippen LogP) is 2.01. The van der Waals surface area contributed by atoms with Gasteiger partial charge >= 0.3 is 5.97 Å². The molecule has 146 valence electrons. The van der Waals surface area contributed by atoms with Gasteiger partial charge in [-0.1, -0.05) is 18.2 Å². The van der Waals surface area contributed by atoms with Crippen LogP contribution in [0.5, 0.6) is 0 Å². The summed E-state index contributed by atoms with van der Waals surface area (Å²) in [6.07, 6.45) is 0. The molecular formula is C18H22N2O6S. The van der Waals surface area contributed by atoms with Crippen LogP contribution in [0.15, 0.2) is 33.6 Å². The number of hydrogen-bond acceptors (Lipinski definition) is 5. The number of hydrogen-bond donors (Lipinski definition) is 2. The third-order valence-corrected chi connectivity index (χ3v) is 6.16. The van der Waals surface area contributed by atoms with Crippen LogP contribution in [-0.2, 0) is 14.8 Å². The zero-order chi connectivity index (χ0) is 20.5. The van der Waals surface area contributed by atoms with E-state index in [1.165, 1.54) is 21.0 Å². The maximum atomic E-state index is 12.5. The Hall–Kier alpha value is -2.65. The Morgan fingerprint density at radius 2 is 1.74 bits per heavy atom. The van der Waals surface area contributed by atoms with Crippen molar-refractivity contribution in [1.29, 1.82) is 0 Å². The van der Waals surface area contributed by atoms with E-state index in [1.54, 1.807) is 18.2 Å². The highest BCUT2D eigenvalue weighted by Gasteiger charge is 2.28. The van der Waals surface area contributed by atoms with Gasteiger partial charge < -0.3 is 14.8 Å². The second kappa shape index (κ2) is 7.53. The number of amides is 1. The summed E-state index contributed by atoms with van der Waals surface area (Å²) in [6, 6.07) is 4.88. The summed E-state index contributed by atoms with van der Waals surface area (Å²) >= 11 is 0. The van der Waals surface area contributed by atoms with Crippen molar-refractivity contribution in [2.75, 3.05) is 14.1 Å². The number of nitrogens with zero attached hydrogens (tertiary/aromatic N) is 1. The van der Waals surface area contributed by atoms with Gasteiger partial charge in [-0.15, -0.1) is 0 Å². The number of aryl methyl sites for hydroxylation is 3. The number of rotatable bonds is 6. The van der Waals surface area contributed by atoms with Gasteiger partial charge in [-0.05, 0) is 37.5 Å². The molecule has 2 aromatic rings. The van der Waals surface area contributed by atoms with Crippen molar-refractivity contribution in [3.8, 4) is 0 Å². The van der Waals surface area contributed by atoms with Crippen molar-refractivity contribution < 1.29 is 27.5 Å². The van der Waals surface area contributed by atoms with Crippen LogP contribution in [0.1, 0.15) is 39.0 Å². The maximum absolute atomic E-state index is 12.5. The number of aliphatic carboxylic acids is 1. The lowest BCUT2D eigenvalue weighted by atomic mass is 10.0. The molecular weight excluding hydrogens is 372 g/mol. The molecule has 0 aliphatic heterocycles. The van der Waals surface area contributed by atoms with Crippen molar-refractivity contribution in [2.24, 2.45) is 0 Å². The number of carbonyl (C=O) groups is 2. The number of carbonyl (C=O) groups excluding carboxylic acids is 1. The van der Waals surface area contributed by atoms with Gasteiger partial charge in [-0.3, -0.25) is 4.79 Å². The molecule has 0 aliphatic carbocycles. The van der Waals surface area contributed by atoms with Gasteiger partial charge in [0.15, 0.2) is 11.8 Å². The summed E-state index contributed by atoms with van der Waals surface area (Å²) < 4.78 is 30.8. The van der Waals surface area contributed by atoms with Crippen molar-refractivity contribution in [3.05, 3.63) is 52.5 Å². The molecule has 0 spiro atoms. The number of carboxylic acid groups (broad SMARTS) is 1. The van der Waals surface area contributed by atoms with E-state index in [9.17, 15) is 23.1 Å². The Labute approximate surface area is 157 Å². The smallest absolute Gasteiger partial charge is 0.330 e. The quantitative estimate of drug-likeness (QED) is 0.774. The highest BCUT2D eigenvalue weighted by atomic mass is 32.2. The Balaban J connectivity index is 2.34. The molecule has 0 saturated carbocycles. The van der Waals surface area contributed by atoms with Crippen molar-refractivity contribution >= 4 is 21.9 Å². The molecule has 1 aromatic carbocycles. The first-order valence-corrected chi connectivity index (χ1v) is 9.53. The molecule has 1 heterocycles. The van der Waals surface area contributed by atoms with Crippen molar-refractivity contribution in [3.63, 3.8) is 0 Å². The van der Waals surface area contributed by atoms with Gasteiger partial charge in [0.05, 0.1) is 0 Å². The standard InChI is InChI=1S/C18H22N2O6S/c1-10-6-7-13(8-11(10)2)16(18(22)23)19-17(21)14-9-15(12(3)26-14)27(24,25)20(4)5/h6-9,16H,1-5H3,(H,19,21)(H,22,23). The van der Waals surface area contributed by atoms with E-state index in [0.29, 0.717) is 5.56 Å². The lowest BCUT2D eigenvalue weighted by molar-refractivity contribution is -0.139. The van der Waals surface area contributed by atoms with Crippen LogP contribution in [0.25, 0.3) is 0 Å². The molecule has 9 heteroatoms. The lowest BCUT2D eigenvalue weighted by Crippen LogP contribution is -2.33. The first kappa shape index (κ1) is 20.7. The number of nitrogens with one attached hydrogen (secondary N) is 1. The fourth-order valence-electron chi connectivity index (χ4n) is 2.46. The summed E-state index contributed by atoms with van der Waals surface area (Å²) in [4.78, 5) is 24.0. The SMILES string of the molecule is Cc1ccc(C(NC(=O)c2cc(S(=O)(=O)N(C)C)c(C)o2)C(=O)O)cc1C. The van der Waals surface area contributed by atoms with E-state index in [4.69, 9.17) is 4.42 Å². The molecule has 1 unspecified atom stereocenters. The van der Waals surface area contributed by atoms with E-state index in [-0.39, 0.29) is 16.4 Å². The number of carboxylic acids is 1. The van der Waals surface area contributed by atoms with Crippen LogP contribution in [0.3, 0.4) is 0 Å². The minimum absolute atomic E-state index is 0.0481. The van der Waals surface area contributed by atoms with Gasteiger partial charge in [-0.2, -0.15) is 0 Å². The summed E-state index contributed by atoms with van der Waals surface area (Å²) in [5.74, 6) is -2.28. The zero-order valence-corrected chi connectivity index (χ0v) is 16.5. The molecule has 0 radical (unpaired) electrons. The monoisotopic (exact) mass is 394 g/mol. The van der Waals surface area contributed by atoms with Gasteiger partial charge in [0, 0.05) is 20.2 Å². The van der Waals surface area contributed by atoms with Crippen LogP contribution in [0, 0.1) is 20.8 Å². The fraction of sp³-hybridized carbons (Fsp3) is 0.333.